The largest absolute Gasteiger partial charge is 0.477 e. The number of pyridine rings is 1. The minimum Gasteiger partial charge on any atom is -0.477 e. The summed E-state index contributed by atoms with van der Waals surface area (Å²) in [6, 6.07) is 2.93. The van der Waals surface area contributed by atoms with Gasteiger partial charge in [-0.25, -0.2) is 9.18 Å². The molecule has 5 rings (SSSR count). The summed E-state index contributed by atoms with van der Waals surface area (Å²) >= 11 is 0. The van der Waals surface area contributed by atoms with E-state index in [2.05, 4.69) is 15.2 Å². The number of hydrogen-bond acceptors (Lipinski definition) is 13. The average Bonchev–Trinajstić information content (AvgIpc) is 3.90. The number of aromatic carboxylic acids is 1. The number of carbonyl (C=O) groups is 1. The molecule has 58 heavy (non-hydrogen) atoms. The van der Waals surface area contributed by atoms with Crippen LogP contribution < -0.4 is 10.3 Å². The number of piperazine rings is 1. The van der Waals surface area contributed by atoms with Crippen molar-refractivity contribution in [2.75, 3.05) is 57.5 Å². The van der Waals surface area contributed by atoms with Crippen LogP contribution in [0.25, 0.3) is 10.9 Å². The van der Waals surface area contributed by atoms with E-state index in [-0.39, 0.29) is 54.9 Å². The van der Waals surface area contributed by atoms with Gasteiger partial charge in [-0.05, 0) is 77.2 Å². The molecular weight excluding hydrogens is 809 g/mol. The molecule has 0 amide bonds. The lowest BCUT2D eigenvalue weighted by Crippen LogP contribution is -2.50. The summed E-state index contributed by atoms with van der Waals surface area (Å²) in [6.45, 7) is 20.0. The number of aryl methyl sites for hydroxylation is 1. The molecular formula is C38H61FN6O10P2Si. The number of carboxylic acids is 1. The lowest BCUT2D eigenvalue weighted by molar-refractivity contribution is 0.0694. The van der Waals surface area contributed by atoms with Crippen LogP contribution in [-0.4, -0.2) is 102 Å². The second-order valence-corrected chi connectivity index (χ2v) is 25.8. The number of benzene rings is 1. The molecule has 2 aliphatic rings. The minimum absolute atomic E-state index is 0.0219. The highest BCUT2D eigenvalue weighted by Crippen LogP contribution is 2.80. The van der Waals surface area contributed by atoms with Crippen molar-refractivity contribution in [2.24, 2.45) is 0 Å². The van der Waals surface area contributed by atoms with Crippen molar-refractivity contribution >= 4 is 46.1 Å². The highest BCUT2D eigenvalue weighted by atomic mass is 31.2. The second-order valence-electron chi connectivity index (χ2n) is 16.2. The summed E-state index contributed by atoms with van der Waals surface area (Å²) in [6.07, 6.45) is 5.23. The summed E-state index contributed by atoms with van der Waals surface area (Å²) in [7, 11) is -11.5. The quantitative estimate of drug-likeness (QED) is 0.0803. The van der Waals surface area contributed by atoms with Crippen LogP contribution in [0, 0.1) is 5.82 Å². The Kier molecular flexibility index (Phi) is 14.7. The molecule has 1 aliphatic carbocycles. The van der Waals surface area contributed by atoms with Gasteiger partial charge in [0, 0.05) is 69.5 Å². The Morgan fingerprint density at radius 2 is 1.50 bits per heavy atom. The van der Waals surface area contributed by atoms with Gasteiger partial charge >= 0.3 is 21.2 Å². The summed E-state index contributed by atoms with van der Waals surface area (Å²) < 4.78 is 79.7. The van der Waals surface area contributed by atoms with Gasteiger partial charge in [0.1, 0.15) is 11.4 Å². The molecule has 1 N–H and O–H groups in total. The maximum absolute atomic E-state index is 15.6. The molecule has 0 bridgehead atoms. The van der Waals surface area contributed by atoms with Crippen molar-refractivity contribution in [2.45, 2.75) is 116 Å². The summed E-state index contributed by atoms with van der Waals surface area (Å²) in [5, 5.41) is 16.0. The van der Waals surface area contributed by atoms with Crippen molar-refractivity contribution in [1.82, 2.24) is 24.5 Å². The van der Waals surface area contributed by atoms with Crippen molar-refractivity contribution in [3.05, 3.63) is 51.8 Å². The van der Waals surface area contributed by atoms with Crippen molar-refractivity contribution in [1.29, 1.82) is 0 Å². The summed E-state index contributed by atoms with van der Waals surface area (Å²) in [4.78, 5) is 28.8. The summed E-state index contributed by atoms with van der Waals surface area (Å²) in [5.41, 5.74) is 0.590. The first-order chi connectivity index (χ1) is 27.3. The molecule has 0 atom stereocenters. The van der Waals surface area contributed by atoms with E-state index >= 15 is 13.5 Å². The number of hydrogen-bond donors (Lipinski definition) is 1. The van der Waals surface area contributed by atoms with Crippen LogP contribution in [-0.2, 0) is 44.7 Å². The van der Waals surface area contributed by atoms with Gasteiger partial charge in [-0.15, -0.1) is 5.10 Å². The molecule has 324 valence electrons. The number of nitrogens with zero attached hydrogens (tertiary/aromatic N) is 6. The minimum atomic E-state index is -4.32. The van der Waals surface area contributed by atoms with E-state index < -0.39 is 45.8 Å². The van der Waals surface area contributed by atoms with Gasteiger partial charge in [-0.2, -0.15) is 0 Å². The van der Waals surface area contributed by atoms with E-state index in [9.17, 15) is 14.7 Å². The molecule has 16 nitrogen and oxygen atoms in total. The first-order valence-electron chi connectivity index (χ1n) is 20.3. The zero-order valence-electron chi connectivity index (χ0n) is 35.4. The van der Waals surface area contributed by atoms with Crippen molar-refractivity contribution in [3.8, 4) is 0 Å². The van der Waals surface area contributed by atoms with Crippen LogP contribution in [0.2, 0.25) is 18.1 Å². The molecule has 3 aromatic rings. The van der Waals surface area contributed by atoms with Crippen LogP contribution in [0.3, 0.4) is 0 Å². The average molecular weight is 871 g/mol. The molecule has 0 unspecified atom stereocenters. The Labute approximate surface area is 341 Å². The predicted octanol–water partition coefficient (Wildman–Crippen LogP) is 8.08. The fourth-order valence-electron chi connectivity index (χ4n) is 7.08. The number of carboxylic acid groups (broad SMARTS) is 1. The van der Waals surface area contributed by atoms with Crippen LogP contribution >= 0.6 is 15.2 Å². The number of halogens is 1. The summed E-state index contributed by atoms with van der Waals surface area (Å²) in [5.74, 6) is -1.89. The Balaban J connectivity index is 1.31. The van der Waals surface area contributed by atoms with E-state index in [0.29, 0.717) is 56.9 Å². The van der Waals surface area contributed by atoms with Crippen LogP contribution in [0.1, 0.15) is 96.2 Å². The van der Waals surface area contributed by atoms with Crippen LogP contribution in [0.15, 0.2) is 29.3 Å². The SMILES string of the molecule is CCOP(=O)(OCC)C(CCCn1cc(CN2CCN(c3cc4c(cc3F)c(=O)c(C(=O)O)cn4C3CC3)CC2)nn1)(O[Si](C)(C)C(C)(C)C)P(=O)(OCC)OCC. The van der Waals surface area contributed by atoms with Gasteiger partial charge in [0.25, 0.3) is 5.08 Å². The molecule has 0 radical (unpaired) electrons. The highest BCUT2D eigenvalue weighted by Gasteiger charge is 2.68. The number of anilines is 1. The van der Waals surface area contributed by atoms with E-state index in [0.717, 1.165) is 18.5 Å². The fraction of sp³-hybridized carbons (Fsp3) is 0.684. The molecule has 3 heterocycles. The standard InChI is InChI=1S/C38H61FN6O10P2Si/c1-10-51-56(49,52-11-2)38(55-58(8,9)37(5,6)7,57(50,53-12-3)54-13-4)17-14-18-44-26-28(40-41-44)25-42-19-21-43(22-20-42)34-24-33-30(23-32(34)39)35(46)31(36(47)48)27-45(33)29-15-16-29/h23-24,26-27,29H,10-22,25H2,1-9H3,(H,47,48). The van der Waals surface area contributed by atoms with E-state index in [1.54, 1.807) is 43.0 Å². The third kappa shape index (κ3) is 9.55. The molecule has 1 saturated carbocycles. The van der Waals surface area contributed by atoms with Gasteiger partial charge in [-0.3, -0.25) is 23.5 Å². The lowest BCUT2D eigenvalue weighted by Gasteiger charge is -2.48. The monoisotopic (exact) mass is 870 g/mol. The Morgan fingerprint density at radius 1 is 0.931 bits per heavy atom. The molecule has 2 fully saturated rings. The molecule has 2 aromatic heterocycles. The smallest absolute Gasteiger partial charge is 0.373 e. The van der Waals surface area contributed by atoms with Gasteiger partial charge in [0.2, 0.25) is 5.43 Å². The number of aromatic nitrogens is 4. The van der Waals surface area contributed by atoms with Crippen LogP contribution in [0.5, 0.6) is 0 Å². The zero-order chi connectivity index (χ0) is 42.7. The molecule has 1 aliphatic heterocycles. The molecule has 1 aromatic carbocycles. The maximum atomic E-state index is 15.6. The molecule has 1 saturated heterocycles. The second kappa shape index (κ2) is 18.4. The third-order valence-electron chi connectivity index (χ3n) is 11.1. The maximum Gasteiger partial charge on any atom is 0.373 e. The zero-order valence-corrected chi connectivity index (χ0v) is 38.2. The van der Waals surface area contributed by atoms with Gasteiger partial charge in [0.15, 0.2) is 8.32 Å². The number of fused-ring (bicyclic) bond motifs is 1. The molecule has 20 heteroatoms. The Hall–Kier alpha value is -2.79. The number of rotatable bonds is 21. The lowest BCUT2D eigenvalue weighted by atomic mass is 10.1. The van der Waals surface area contributed by atoms with Crippen molar-refractivity contribution < 1.29 is 45.9 Å². The van der Waals surface area contributed by atoms with E-state index in [1.807, 2.05) is 45.0 Å². The Bertz CT molecular complexity index is 2030. The fourth-order valence-corrected chi connectivity index (χ4v) is 15.6. The Morgan fingerprint density at radius 3 is 2.00 bits per heavy atom. The third-order valence-corrected chi connectivity index (χ3v) is 22.1. The van der Waals surface area contributed by atoms with E-state index in [1.165, 1.54) is 12.3 Å². The van der Waals surface area contributed by atoms with E-state index in [4.69, 9.17) is 22.5 Å². The predicted molar refractivity (Wildman–Crippen MR) is 223 cm³/mol. The molecule has 0 spiro atoms. The van der Waals surface area contributed by atoms with Gasteiger partial charge in [0.05, 0.1) is 43.3 Å². The van der Waals surface area contributed by atoms with Gasteiger partial charge in [-0.1, -0.05) is 26.0 Å². The van der Waals surface area contributed by atoms with Crippen molar-refractivity contribution in [3.63, 3.8) is 0 Å². The normalized spacial score (nSPS) is 16.4. The first-order valence-corrected chi connectivity index (χ1v) is 26.2. The van der Waals surface area contributed by atoms with Crippen LogP contribution in [0.4, 0.5) is 10.1 Å². The first kappa shape index (κ1) is 46.3. The highest BCUT2D eigenvalue weighted by molar-refractivity contribution is 7.74. The topological polar surface area (TPSA) is 177 Å². The van der Waals surface area contributed by atoms with Gasteiger partial charge < -0.3 is 37.1 Å².